The van der Waals surface area contributed by atoms with Gasteiger partial charge >= 0.3 is 0 Å². The highest BCUT2D eigenvalue weighted by Crippen LogP contribution is 2.39. The van der Waals surface area contributed by atoms with E-state index in [1.54, 1.807) is 12.1 Å². The molecule has 0 heterocycles. The number of fused-ring (bicyclic) bond motifs is 2. The summed E-state index contributed by atoms with van der Waals surface area (Å²) in [6.07, 6.45) is 5.72. The fraction of sp³-hybridized carbons (Fsp3) is 0.562. The van der Waals surface area contributed by atoms with Crippen molar-refractivity contribution in [2.24, 2.45) is 17.6 Å². The monoisotopic (exact) mass is 273 g/mol. The molecule has 0 spiro atoms. The number of rotatable bonds is 2. The molecular weight excluding hydrogens is 250 g/mol. The van der Waals surface area contributed by atoms with Gasteiger partial charge in [-0.05, 0) is 55.7 Å². The largest absolute Gasteiger partial charge is 0.399 e. The molecule has 2 aliphatic rings. The molecule has 2 unspecified atom stereocenters. The van der Waals surface area contributed by atoms with Crippen molar-refractivity contribution in [2.75, 3.05) is 5.73 Å². The van der Waals surface area contributed by atoms with Crippen molar-refractivity contribution in [3.8, 4) is 0 Å². The lowest BCUT2D eigenvalue weighted by atomic mass is 9.67. The van der Waals surface area contributed by atoms with Crippen LogP contribution in [0.5, 0.6) is 0 Å². The van der Waals surface area contributed by atoms with Crippen LogP contribution in [-0.2, 0) is 0 Å². The first-order chi connectivity index (χ1) is 9.63. The minimum Gasteiger partial charge on any atom is -0.399 e. The molecule has 1 amide bonds. The molecule has 2 atom stereocenters. The Kier molecular flexibility index (Phi) is 3.66. The number of nitrogens with one attached hydrogen (secondary N) is 1. The molecule has 5 N–H and O–H groups in total. The van der Waals surface area contributed by atoms with E-state index in [1.165, 1.54) is 19.3 Å². The Bertz CT molecular complexity index is 488. The van der Waals surface area contributed by atoms with Gasteiger partial charge in [0.25, 0.3) is 5.91 Å². The third-order valence-electron chi connectivity index (χ3n) is 4.82. The Hall–Kier alpha value is -1.55. The number of carbonyl (C=O) groups excluding carboxylic acids is 1. The molecule has 0 saturated heterocycles. The van der Waals surface area contributed by atoms with Crippen molar-refractivity contribution in [3.05, 3.63) is 29.8 Å². The van der Waals surface area contributed by atoms with Crippen LogP contribution in [0.25, 0.3) is 0 Å². The summed E-state index contributed by atoms with van der Waals surface area (Å²) in [5.41, 5.74) is 13.1. The molecule has 0 radical (unpaired) electrons. The second-order valence-electron chi connectivity index (χ2n) is 6.31. The van der Waals surface area contributed by atoms with E-state index in [0.29, 0.717) is 29.1 Å². The molecule has 1 aromatic rings. The smallest absolute Gasteiger partial charge is 0.251 e. The first-order valence-corrected chi connectivity index (χ1v) is 7.55. The minimum atomic E-state index is -0.00493. The van der Waals surface area contributed by atoms with Crippen molar-refractivity contribution < 1.29 is 4.79 Å². The zero-order chi connectivity index (χ0) is 14.1. The van der Waals surface area contributed by atoms with Gasteiger partial charge in [0, 0.05) is 23.3 Å². The number of amides is 1. The SMILES string of the molecule is Nc1cccc(C(=O)NC2C3CCCC2CC(N)C3)c1. The van der Waals surface area contributed by atoms with Crippen LogP contribution in [0.15, 0.2) is 24.3 Å². The van der Waals surface area contributed by atoms with E-state index in [0.717, 1.165) is 12.8 Å². The van der Waals surface area contributed by atoms with Gasteiger partial charge in [0.05, 0.1) is 0 Å². The number of carbonyl (C=O) groups is 1. The Morgan fingerprint density at radius 2 is 1.90 bits per heavy atom. The summed E-state index contributed by atoms with van der Waals surface area (Å²) in [6, 6.07) is 7.77. The molecule has 108 valence electrons. The average molecular weight is 273 g/mol. The van der Waals surface area contributed by atoms with E-state index in [4.69, 9.17) is 11.5 Å². The van der Waals surface area contributed by atoms with Crippen LogP contribution < -0.4 is 16.8 Å². The van der Waals surface area contributed by atoms with Crippen LogP contribution in [0.2, 0.25) is 0 Å². The van der Waals surface area contributed by atoms with Gasteiger partial charge in [-0.15, -0.1) is 0 Å². The van der Waals surface area contributed by atoms with Crippen LogP contribution in [-0.4, -0.2) is 18.0 Å². The minimum absolute atomic E-state index is 0.00493. The van der Waals surface area contributed by atoms with E-state index in [1.807, 2.05) is 12.1 Å². The molecule has 2 aliphatic carbocycles. The summed E-state index contributed by atoms with van der Waals surface area (Å²) in [6.45, 7) is 0. The van der Waals surface area contributed by atoms with E-state index in [2.05, 4.69) is 5.32 Å². The molecule has 4 nitrogen and oxygen atoms in total. The van der Waals surface area contributed by atoms with Crippen molar-refractivity contribution in [1.29, 1.82) is 0 Å². The molecule has 2 fully saturated rings. The summed E-state index contributed by atoms with van der Waals surface area (Å²) < 4.78 is 0. The summed E-state index contributed by atoms with van der Waals surface area (Å²) in [4.78, 5) is 12.4. The number of hydrogen-bond acceptors (Lipinski definition) is 3. The highest BCUT2D eigenvalue weighted by Gasteiger charge is 2.39. The maximum atomic E-state index is 12.4. The number of nitrogen functional groups attached to an aromatic ring is 1. The van der Waals surface area contributed by atoms with E-state index >= 15 is 0 Å². The average Bonchev–Trinajstić information content (AvgIpc) is 2.39. The van der Waals surface area contributed by atoms with Gasteiger partial charge in [-0.3, -0.25) is 4.79 Å². The lowest BCUT2D eigenvalue weighted by molar-refractivity contribution is 0.0756. The molecule has 20 heavy (non-hydrogen) atoms. The van der Waals surface area contributed by atoms with Crippen molar-refractivity contribution in [3.63, 3.8) is 0 Å². The van der Waals surface area contributed by atoms with Crippen LogP contribution in [0, 0.1) is 11.8 Å². The predicted octanol–water partition coefficient (Wildman–Crippen LogP) is 1.90. The second kappa shape index (κ2) is 5.44. The Balaban J connectivity index is 1.72. The molecule has 2 bridgehead atoms. The zero-order valence-electron chi connectivity index (χ0n) is 11.7. The summed E-state index contributed by atoms with van der Waals surface area (Å²) in [5.74, 6) is 1.08. The molecule has 3 rings (SSSR count). The normalized spacial score (nSPS) is 32.6. The molecule has 1 aromatic carbocycles. The number of hydrogen-bond donors (Lipinski definition) is 3. The van der Waals surface area contributed by atoms with Crippen molar-refractivity contribution >= 4 is 11.6 Å². The number of anilines is 1. The Labute approximate surface area is 119 Å². The highest BCUT2D eigenvalue weighted by molar-refractivity contribution is 5.95. The molecular formula is C16H23N3O. The standard InChI is InChI=1S/C16H23N3O/c17-13-6-2-5-12(9-13)16(20)19-15-10-3-1-4-11(15)8-14(18)7-10/h2,5-6,9-11,14-15H,1,3-4,7-8,17-18H2,(H,19,20). The summed E-state index contributed by atoms with van der Waals surface area (Å²) >= 11 is 0. The van der Waals surface area contributed by atoms with Crippen molar-refractivity contribution in [2.45, 2.75) is 44.2 Å². The lowest BCUT2D eigenvalue weighted by Crippen LogP contribution is -2.53. The third-order valence-corrected chi connectivity index (χ3v) is 4.82. The van der Waals surface area contributed by atoms with E-state index < -0.39 is 0 Å². The van der Waals surface area contributed by atoms with Crippen LogP contribution in [0.3, 0.4) is 0 Å². The Morgan fingerprint density at radius 1 is 1.20 bits per heavy atom. The molecule has 4 heteroatoms. The number of benzene rings is 1. The lowest BCUT2D eigenvalue weighted by Gasteiger charge is -2.45. The van der Waals surface area contributed by atoms with Gasteiger partial charge in [0.15, 0.2) is 0 Å². The maximum Gasteiger partial charge on any atom is 0.251 e. The first kappa shape index (κ1) is 13.4. The summed E-state index contributed by atoms with van der Waals surface area (Å²) in [7, 11) is 0. The second-order valence-corrected chi connectivity index (χ2v) is 6.31. The van der Waals surface area contributed by atoms with Gasteiger partial charge in [0.1, 0.15) is 0 Å². The fourth-order valence-electron chi connectivity index (χ4n) is 3.94. The van der Waals surface area contributed by atoms with Crippen molar-refractivity contribution in [1.82, 2.24) is 5.32 Å². The third kappa shape index (κ3) is 2.66. The van der Waals surface area contributed by atoms with Crippen LogP contribution in [0.4, 0.5) is 5.69 Å². The molecule has 0 aliphatic heterocycles. The Morgan fingerprint density at radius 3 is 2.55 bits per heavy atom. The zero-order valence-corrected chi connectivity index (χ0v) is 11.7. The molecule has 0 aromatic heterocycles. The maximum absolute atomic E-state index is 12.4. The van der Waals surface area contributed by atoms with Gasteiger partial charge in [-0.25, -0.2) is 0 Å². The first-order valence-electron chi connectivity index (χ1n) is 7.55. The topological polar surface area (TPSA) is 81.1 Å². The van der Waals surface area contributed by atoms with Gasteiger partial charge in [-0.2, -0.15) is 0 Å². The fourth-order valence-corrected chi connectivity index (χ4v) is 3.94. The van der Waals surface area contributed by atoms with Crippen LogP contribution in [0.1, 0.15) is 42.5 Å². The highest BCUT2D eigenvalue weighted by atomic mass is 16.1. The van der Waals surface area contributed by atoms with Crippen LogP contribution >= 0.6 is 0 Å². The van der Waals surface area contributed by atoms with Gasteiger partial charge in [0.2, 0.25) is 0 Å². The quantitative estimate of drug-likeness (QED) is 0.720. The van der Waals surface area contributed by atoms with E-state index in [-0.39, 0.29) is 11.9 Å². The molecule has 2 saturated carbocycles. The van der Waals surface area contributed by atoms with Gasteiger partial charge in [-0.1, -0.05) is 12.5 Å². The van der Waals surface area contributed by atoms with E-state index in [9.17, 15) is 4.79 Å². The van der Waals surface area contributed by atoms with Gasteiger partial charge < -0.3 is 16.8 Å². The predicted molar refractivity (Wildman–Crippen MR) is 80.1 cm³/mol. The number of nitrogens with two attached hydrogens (primary N) is 2. The summed E-state index contributed by atoms with van der Waals surface area (Å²) in [5, 5.41) is 3.23.